The number of hydrogen-bond donors (Lipinski definition) is 1. The van der Waals surface area contributed by atoms with Gasteiger partial charge in [0.2, 0.25) is 5.79 Å². The second kappa shape index (κ2) is 8.56. The quantitative estimate of drug-likeness (QED) is 0.458. The fourth-order valence-corrected chi connectivity index (χ4v) is 2.80. The van der Waals surface area contributed by atoms with E-state index >= 15 is 0 Å². The fraction of sp³-hybridized carbons (Fsp3) is 0.450. The molecule has 0 aromatic carbocycles. The fourth-order valence-electron chi connectivity index (χ4n) is 2.80. The van der Waals surface area contributed by atoms with Crippen molar-refractivity contribution in [3.8, 4) is 0 Å². The molecule has 0 spiro atoms. The minimum Gasteiger partial charge on any atom is -0.395 e. The van der Waals surface area contributed by atoms with Gasteiger partial charge in [0.05, 0.1) is 36.4 Å². The predicted octanol–water partition coefficient (Wildman–Crippen LogP) is 2.87. The zero-order chi connectivity index (χ0) is 19.3. The van der Waals surface area contributed by atoms with Crippen LogP contribution in [0.5, 0.6) is 0 Å². The molecule has 1 N–H and O–H groups in total. The Labute approximate surface area is 159 Å². The molecule has 2 aromatic heterocycles. The highest BCUT2D eigenvalue weighted by Gasteiger charge is 2.34. The Morgan fingerprint density at radius 2 is 1.96 bits per heavy atom. The summed E-state index contributed by atoms with van der Waals surface area (Å²) >= 11 is 0. The molecule has 2 aromatic rings. The van der Waals surface area contributed by atoms with Crippen molar-refractivity contribution in [3.63, 3.8) is 0 Å². The SMILES string of the molecule is C/C(=N\OCCC(O)c1cccc(C2(C)OCCO2)n1)c1cccc(C)n1. The van der Waals surface area contributed by atoms with Gasteiger partial charge < -0.3 is 19.4 Å². The molecule has 7 nitrogen and oxygen atoms in total. The van der Waals surface area contributed by atoms with Crippen LogP contribution in [0, 0.1) is 6.92 Å². The molecule has 3 heterocycles. The van der Waals surface area contributed by atoms with Gasteiger partial charge in [-0.1, -0.05) is 17.3 Å². The second-order valence-corrected chi connectivity index (χ2v) is 6.57. The summed E-state index contributed by atoms with van der Waals surface area (Å²) in [5, 5.41) is 14.5. The number of aryl methyl sites for hydroxylation is 1. The van der Waals surface area contributed by atoms with Crippen LogP contribution in [0.25, 0.3) is 0 Å². The van der Waals surface area contributed by atoms with Crippen molar-refractivity contribution in [2.75, 3.05) is 19.8 Å². The molecule has 1 aliphatic heterocycles. The summed E-state index contributed by atoms with van der Waals surface area (Å²) in [4.78, 5) is 14.2. The topological polar surface area (TPSA) is 86.1 Å². The number of pyridine rings is 2. The molecular formula is C20H25N3O4. The third-order valence-electron chi connectivity index (χ3n) is 4.36. The summed E-state index contributed by atoms with van der Waals surface area (Å²) in [6.45, 7) is 6.93. The number of aliphatic hydroxyl groups excluding tert-OH is 1. The van der Waals surface area contributed by atoms with Gasteiger partial charge in [0, 0.05) is 12.1 Å². The van der Waals surface area contributed by atoms with Gasteiger partial charge in [-0.2, -0.15) is 0 Å². The minimum atomic E-state index is -0.853. The van der Waals surface area contributed by atoms with Crippen LogP contribution in [0.1, 0.15) is 49.1 Å². The van der Waals surface area contributed by atoms with Gasteiger partial charge in [-0.25, -0.2) is 4.98 Å². The molecule has 144 valence electrons. The zero-order valence-corrected chi connectivity index (χ0v) is 15.9. The summed E-state index contributed by atoms with van der Waals surface area (Å²) in [6, 6.07) is 11.2. The average molecular weight is 371 g/mol. The molecule has 1 aliphatic rings. The van der Waals surface area contributed by atoms with Crippen molar-refractivity contribution in [2.24, 2.45) is 5.16 Å². The van der Waals surface area contributed by atoms with E-state index in [2.05, 4.69) is 15.1 Å². The highest BCUT2D eigenvalue weighted by molar-refractivity contribution is 5.96. The number of ether oxygens (including phenoxy) is 2. The van der Waals surface area contributed by atoms with E-state index in [0.29, 0.717) is 36.7 Å². The van der Waals surface area contributed by atoms with Crippen LogP contribution in [-0.4, -0.2) is 40.6 Å². The van der Waals surface area contributed by atoms with E-state index in [4.69, 9.17) is 14.3 Å². The average Bonchev–Trinajstić information content (AvgIpc) is 3.13. The molecule has 0 amide bonds. The lowest BCUT2D eigenvalue weighted by Crippen LogP contribution is -2.24. The standard InChI is InChI=1S/C20H25N3O4/c1-14-6-4-7-16(21-14)15(2)23-27-11-10-18(24)17-8-5-9-19(22-17)20(3)25-12-13-26-20/h4-9,18,24H,10-13H2,1-3H3/b23-15+. The first-order valence-electron chi connectivity index (χ1n) is 9.02. The molecule has 0 bridgehead atoms. The molecule has 3 rings (SSSR count). The number of aromatic nitrogens is 2. The first-order valence-corrected chi connectivity index (χ1v) is 9.02. The third-order valence-corrected chi connectivity index (χ3v) is 4.36. The van der Waals surface area contributed by atoms with E-state index in [-0.39, 0.29) is 6.61 Å². The number of hydrogen-bond acceptors (Lipinski definition) is 7. The van der Waals surface area contributed by atoms with Crippen LogP contribution in [0.15, 0.2) is 41.6 Å². The number of aliphatic hydroxyl groups is 1. The maximum atomic E-state index is 10.4. The van der Waals surface area contributed by atoms with Gasteiger partial charge >= 0.3 is 0 Å². The Morgan fingerprint density at radius 3 is 2.70 bits per heavy atom. The number of rotatable bonds is 7. The van der Waals surface area contributed by atoms with E-state index in [1.54, 1.807) is 6.07 Å². The Balaban J connectivity index is 1.55. The van der Waals surface area contributed by atoms with E-state index < -0.39 is 11.9 Å². The van der Waals surface area contributed by atoms with Crippen molar-refractivity contribution in [1.29, 1.82) is 0 Å². The van der Waals surface area contributed by atoms with E-state index in [1.165, 1.54) is 0 Å². The minimum absolute atomic E-state index is 0.264. The van der Waals surface area contributed by atoms with Gasteiger partial charge in [0.15, 0.2) is 0 Å². The highest BCUT2D eigenvalue weighted by Crippen LogP contribution is 2.30. The lowest BCUT2D eigenvalue weighted by Gasteiger charge is -2.22. The van der Waals surface area contributed by atoms with Gasteiger partial charge in [-0.15, -0.1) is 0 Å². The van der Waals surface area contributed by atoms with Crippen LogP contribution >= 0.6 is 0 Å². The second-order valence-electron chi connectivity index (χ2n) is 6.57. The monoisotopic (exact) mass is 371 g/mol. The molecule has 0 radical (unpaired) electrons. The van der Waals surface area contributed by atoms with Crippen LogP contribution in [0.2, 0.25) is 0 Å². The summed E-state index contributed by atoms with van der Waals surface area (Å²) in [5.41, 5.74) is 3.59. The Hall–Kier alpha value is -2.35. The van der Waals surface area contributed by atoms with Crippen molar-refractivity contribution >= 4 is 5.71 Å². The smallest absolute Gasteiger partial charge is 0.209 e. The van der Waals surface area contributed by atoms with Crippen molar-refractivity contribution in [1.82, 2.24) is 9.97 Å². The lowest BCUT2D eigenvalue weighted by atomic mass is 10.1. The van der Waals surface area contributed by atoms with Crippen molar-refractivity contribution in [3.05, 3.63) is 59.2 Å². The third kappa shape index (κ3) is 4.88. The normalized spacial score (nSPS) is 17.7. The van der Waals surface area contributed by atoms with Crippen molar-refractivity contribution < 1.29 is 19.4 Å². The van der Waals surface area contributed by atoms with Crippen LogP contribution in [-0.2, 0) is 20.1 Å². The molecule has 1 unspecified atom stereocenters. The largest absolute Gasteiger partial charge is 0.395 e. The van der Waals surface area contributed by atoms with Crippen LogP contribution in [0.3, 0.4) is 0 Å². The van der Waals surface area contributed by atoms with E-state index in [1.807, 2.05) is 51.1 Å². The Bertz CT molecular complexity index is 803. The van der Waals surface area contributed by atoms with Crippen molar-refractivity contribution in [2.45, 2.75) is 39.1 Å². The maximum Gasteiger partial charge on any atom is 0.209 e. The molecule has 1 fully saturated rings. The number of oxime groups is 1. The van der Waals surface area contributed by atoms with Gasteiger partial charge in [0.25, 0.3) is 0 Å². The lowest BCUT2D eigenvalue weighted by molar-refractivity contribution is -0.153. The molecule has 0 saturated carbocycles. The first-order chi connectivity index (χ1) is 13.0. The van der Waals surface area contributed by atoms with Gasteiger partial charge in [-0.3, -0.25) is 4.98 Å². The highest BCUT2D eigenvalue weighted by atomic mass is 16.7. The first kappa shape index (κ1) is 19.4. The van der Waals surface area contributed by atoms with Gasteiger partial charge in [0.1, 0.15) is 12.3 Å². The molecule has 1 saturated heterocycles. The molecule has 7 heteroatoms. The zero-order valence-electron chi connectivity index (χ0n) is 15.9. The Morgan fingerprint density at radius 1 is 1.22 bits per heavy atom. The van der Waals surface area contributed by atoms with Gasteiger partial charge in [-0.05, 0) is 45.0 Å². The van der Waals surface area contributed by atoms with E-state index in [9.17, 15) is 5.11 Å². The predicted molar refractivity (Wildman–Crippen MR) is 100 cm³/mol. The van der Waals surface area contributed by atoms with Crippen LogP contribution in [0.4, 0.5) is 0 Å². The molecule has 27 heavy (non-hydrogen) atoms. The summed E-state index contributed by atoms with van der Waals surface area (Å²) in [5.74, 6) is -0.853. The summed E-state index contributed by atoms with van der Waals surface area (Å²) in [7, 11) is 0. The molecule has 0 aliphatic carbocycles. The van der Waals surface area contributed by atoms with E-state index in [0.717, 1.165) is 11.4 Å². The summed E-state index contributed by atoms with van der Waals surface area (Å²) in [6.07, 6.45) is -0.394. The number of nitrogens with zero attached hydrogens (tertiary/aromatic N) is 3. The Kier molecular flexibility index (Phi) is 6.15. The summed E-state index contributed by atoms with van der Waals surface area (Å²) < 4.78 is 11.2. The van der Waals surface area contributed by atoms with Crippen LogP contribution < -0.4 is 0 Å². The molecule has 1 atom stereocenters. The molecular weight excluding hydrogens is 346 g/mol. The maximum absolute atomic E-state index is 10.4.